The molecule has 0 aliphatic carbocycles. The highest BCUT2D eigenvalue weighted by Crippen LogP contribution is 2.30. The number of ether oxygens (including phenoxy) is 6. The van der Waals surface area contributed by atoms with Gasteiger partial charge in [-0.25, -0.2) is 0 Å². The van der Waals surface area contributed by atoms with Gasteiger partial charge in [0, 0.05) is 12.5 Å². The molecule has 3 fully saturated rings. The van der Waals surface area contributed by atoms with Gasteiger partial charge >= 0.3 is 0 Å². The highest BCUT2D eigenvalue weighted by atomic mass is 16.6. The minimum atomic E-state index is -0.107. The van der Waals surface area contributed by atoms with Gasteiger partial charge in [0.05, 0.1) is 59.0 Å². The van der Waals surface area contributed by atoms with E-state index in [2.05, 4.69) is 0 Å². The van der Waals surface area contributed by atoms with E-state index in [1.165, 1.54) is 0 Å². The van der Waals surface area contributed by atoms with Crippen LogP contribution in [0.3, 0.4) is 0 Å². The second kappa shape index (κ2) is 7.35. The fourth-order valence-corrected chi connectivity index (χ4v) is 2.49. The molecule has 0 spiro atoms. The third kappa shape index (κ3) is 5.81. The first kappa shape index (κ1) is 15.6. The maximum absolute atomic E-state index is 5.84. The van der Waals surface area contributed by atoms with Gasteiger partial charge in [0.15, 0.2) is 0 Å². The van der Waals surface area contributed by atoms with Gasteiger partial charge in [-0.15, -0.1) is 0 Å². The van der Waals surface area contributed by atoms with E-state index in [0.29, 0.717) is 39.1 Å². The lowest BCUT2D eigenvalue weighted by Gasteiger charge is -2.32. The molecule has 6 nitrogen and oxygen atoms in total. The Balaban J connectivity index is 1.46. The van der Waals surface area contributed by atoms with Gasteiger partial charge in [0.25, 0.3) is 0 Å². The van der Waals surface area contributed by atoms with Crippen molar-refractivity contribution < 1.29 is 28.4 Å². The van der Waals surface area contributed by atoms with Crippen LogP contribution in [0.1, 0.15) is 12.8 Å². The van der Waals surface area contributed by atoms with Crippen LogP contribution in [0.15, 0.2) is 0 Å². The molecule has 3 atom stereocenters. The van der Waals surface area contributed by atoms with Crippen molar-refractivity contribution in [1.82, 2.24) is 0 Å². The largest absolute Gasteiger partial charge is 0.384 e. The molecule has 3 saturated heterocycles. The van der Waals surface area contributed by atoms with Gasteiger partial charge in [-0.05, 0) is 12.8 Å². The van der Waals surface area contributed by atoms with Crippen LogP contribution in [-0.2, 0) is 28.4 Å². The number of hydrogen-bond acceptors (Lipinski definition) is 6. The van der Waals surface area contributed by atoms with Gasteiger partial charge in [0.1, 0.15) is 12.2 Å². The number of epoxide rings is 3. The van der Waals surface area contributed by atoms with Crippen LogP contribution in [0.4, 0.5) is 0 Å². The summed E-state index contributed by atoms with van der Waals surface area (Å²) in [4.78, 5) is 0. The zero-order valence-electron chi connectivity index (χ0n) is 12.8. The molecule has 0 N–H and O–H groups in total. The molecular formula is C15H26O6. The van der Waals surface area contributed by atoms with Gasteiger partial charge < -0.3 is 28.4 Å². The molecule has 0 aromatic rings. The molecule has 6 heteroatoms. The lowest BCUT2D eigenvalue weighted by atomic mass is 9.85. The van der Waals surface area contributed by atoms with Crippen LogP contribution < -0.4 is 0 Å². The van der Waals surface area contributed by atoms with Crippen LogP contribution in [-0.4, -0.2) is 78.3 Å². The van der Waals surface area contributed by atoms with E-state index in [9.17, 15) is 0 Å². The third-order valence-electron chi connectivity index (χ3n) is 4.08. The monoisotopic (exact) mass is 302 g/mol. The second-order valence-electron chi connectivity index (χ2n) is 6.37. The first-order valence-electron chi connectivity index (χ1n) is 7.79. The highest BCUT2D eigenvalue weighted by Gasteiger charge is 2.36. The first-order valence-corrected chi connectivity index (χ1v) is 7.79. The van der Waals surface area contributed by atoms with E-state index in [-0.39, 0.29) is 17.6 Å². The zero-order chi connectivity index (χ0) is 14.5. The van der Waals surface area contributed by atoms with E-state index in [0.717, 1.165) is 32.7 Å². The fraction of sp³-hybridized carbons (Fsp3) is 1.00. The predicted octanol–water partition coefficient (Wildman–Crippen LogP) is 0.629. The lowest BCUT2D eigenvalue weighted by Crippen LogP contribution is -2.38. The van der Waals surface area contributed by atoms with E-state index in [1.54, 1.807) is 7.11 Å². The van der Waals surface area contributed by atoms with Gasteiger partial charge in [-0.3, -0.25) is 0 Å². The number of rotatable bonds is 13. The SMILES string of the molecule is COCC(CCC1CO1)(COCC1CO1)COCC1CO1. The topological polar surface area (TPSA) is 65.3 Å². The Bertz CT molecular complexity index is 293. The third-order valence-corrected chi connectivity index (χ3v) is 4.08. The molecule has 0 aromatic carbocycles. The van der Waals surface area contributed by atoms with Crippen LogP contribution in [0.2, 0.25) is 0 Å². The van der Waals surface area contributed by atoms with Crippen LogP contribution in [0.25, 0.3) is 0 Å². The Hall–Kier alpha value is -0.240. The summed E-state index contributed by atoms with van der Waals surface area (Å²) in [5, 5.41) is 0. The van der Waals surface area contributed by atoms with Crippen LogP contribution >= 0.6 is 0 Å². The number of methoxy groups -OCH3 is 1. The van der Waals surface area contributed by atoms with Gasteiger partial charge in [-0.1, -0.05) is 0 Å². The van der Waals surface area contributed by atoms with E-state index in [1.807, 2.05) is 0 Å². The average molecular weight is 302 g/mol. The van der Waals surface area contributed by atoms with Crippen LogP contribution in [0.5, 0.6) is 0 Å². The van der Waals surface area contributed by atoms with Crippen molar-refractivity contribution in [2.24, 2.45) is 5.41 Å². The summed E-state index contributed by atoms with van der Waals surface area (Å²) in [6.45, 7) is 5.77. The van der Waals surface area contributed by atoms with Crippen molar-refractivity contribution in [1.29, 1.82) is 0 Å². The Labute approximate surface area is 126 Å². The Morgan fingerprint density at radius 2 is 1.38 bits per heavy atom. The van der Waals surface area contributed by atoms with E-state index >= 15 is 0 Å². The van der Waals surface area contributed by atoms with Crippen molar-refractivity contribution in [3.63, 3.8) is 0 Å². The van der Waals surface area contributed by atoms with Crippen molar-refractivity contribution >= 4 is 0 Å². The summed E-state index contributed by atoms with van der Waals surface area (Å²) in [6.07, 6.45) is 3.02. The maximum atomic E-state index is 5.84. The average Bonchev–Trinajstić information content (AvgIpc) is 3.33. The summed E-state index contributed by atoms with van der Waals surface area (Å²) in [6, 6.07) is 0. The minimum Gasteiger partial charge on any atom is -0.384 e. The molecule has 3 aliphatic heterocycles. The second-order valence-corrected chi connectivity index (χ2v) is 6.37. The molecule has 122 valence electrons. The van der Waals surface area contributed by atoms with Gasteiger partial charge in [-0.2, -0.15) is 0 Å². The van der Waals surface area contributed by atoms with Gasteiger partial charge in [0.2, 0.25) is 0 Å². The zero-order valence-corrected chi connectivity index (χ0v) is 12.8. The van der Waals surface area contributed by atoms with E-state index in [4.69, 9.17) is 28.4 Å². The number of hydrogen-bond donors (Lipinski definition) is 0. The normalized spacial score (nSPS) is 32.7. The standard InChI is InChI=1S/C15H26O6/c1-16-9-15(3-2-12-6-19-12,10-17-4-13-7-20-13)11-18-5-14-8-21-14/h12-14H,2-11H2,1H3. The first-order chi connectivity index (χ1) is 10.3. The minimum absolute atomic E-state index is 0.107. The molecular weight excluding hydrogens is 276 g/mol. The Kier molecular flexibility index (Phi) is 5.48. The molecule has 3 unspecified atom stereocenters. The molecule has 3 rings (SSSR count). The molecule has 0 aromatic heterocycles. The maximum Gasteiger partial charge on any atom is 0.104 e. The van der Waals surface area contributed by atoms with Crippen molar-refractivity contribution in [2.45, 2.75) is 31.2 Å². The Morgan fingerprint density at radius 1 is 0.857 bits per heavy atom. The van der Waals surface area contributed by atoms with Crippen molar-refractivity contribution in [2.75, 3.05) is 60.0 Å². The van der Waals surface area contributed by atoms with E-state index < -0.39 is 0 Å². The predicted molar refractivity (Wildman–Crippen MR) is 74.4 cm³/mol. The molecule has 3 heterocycles. The van der Waals surface area contributed by atoms with Crippen LogP contribution in [0, 0.1) is 5.41 Å². The molecule has 21 heavy (non-hydrogen) atoms. The van der Waals surface area contributed by atoms with Crippen molar-refractivity contribution in [3.05, 3.63) is 0 Å². The Morgan fingerprint density at radius 3 is 1.81 bits per heavy atom. The summed E-state index contributed by atoms with van der Waals surface area (Å²) in [5.74, 6) is 0. The summed E-state index contributed by atoms with van der Waals surface area (Å²) >= 11 is 0. The fourth-order valence-electron chi connectivity index (χ4n) is 2.49. The highest BCUT2D eigenvalue weighted by molar-refractivity contribution is 4.84. The smallest absolute Gasteiger partial charge is 0.104 e. The quantitative estimate of drug-likeness (QED) is 0.465. The molecule has 0 radical (unpaired) electrons. The summed E-state index contributed by atoms with van der Waals surface area (Å²) in [7, 11) is 1.73. The molecule has 0 amide bonds. The molecule has 0 saturated carbocycles. The molecule has 0 bridgehead atoms. The van der Waals surface area contributed by atoms with Crippen molar-refractivity contribution in [3.8, 4) is 0 Å². The lowest BCUT2D eigenvalue weighted by molar-refractivity contribution is -0.0697. The summed E-state index contributed by atoms with van der Waals surface area (Å²) < 4.78 is 32.8. The summed E-state index contributed by atoms with van der Waals surface area (Å²) in [5.41, 5.74) is -0.107. The molecule has 3 aliphatic rings.